The second-order valence-electron chi connectivity index (χ2n) is 6.26. The first-order valence-electron chi connectivity index (χ1n) is 8.55. The van der Waals surface area contributed by atoms with Crippen molar-refractivity contribution in [3.8, 4) is 11.1 Å². The van der Waals surface area contributed by atoms with Gasteiger partial charge in [-0.3, -0.25) is 0 Å². The topological polar surface area (TPSA) is 95.9 Å². The number of nitrogens with one attached hydrogen (secondary N) is 1. The first-order chi connectivity index (χ1) is 12.5. The summed E-state index contributed by atoms with van der Waals surface area (Å²) in [7, 11) is 0. The Labute approximate surface area is 151 Å². The lowest BCUT2D eigenvalue weighted by Crippen LogP contribution is -2.48. The average Bonchev–Trinajstić information content (AvgIpc) is 2.97. The fraction of sp³-hybridized carbons (Fsp3) is 0.300. The number of aliphatic carboxylic acids is 1. The molecule has 26 heavy (non-hydrogen) atoms. The number of amides is 1. The zero-order chi connectivity index (χ0) is 18.7. The average molecular weight is 355 g/mol. The fourth-order valence-electron chi connectivity index (χ4n) is 3.33. The number of carbonyl (C=O) groups excluding carboxylic acids is 1. The highest BCUT2D eigenvalue weighted by Crippen LogP contribution is 2.44. The molecule has 0 fully saturated rings. The van der Waals surface area contributed by atoms with Crippen molar-refractivity contribution in [3.05, 3.63) is 59.7 Å². The summed E-state index contributed by atoms with van der Waals surface area (Å²) in [6.07, 6.45) is -1.82. The fourth-order valence-corrected chi connectivity index (χ4v) is 3.33. The number of benzene rings is 2. The molecule has 1 aliphatic carbocycles. The number of carbonyl (C=O) groups is 2. The van der Waals surface area contributed by atoms with E-state index in [9.17, 15) is 14.7 Å². The number of carboxylic acids is 1. The molecule has 1 amide bonds. The molecule has 0 aliphatic heterocycles. The highest BCUT2D eigenvalue weighted by Gasteiger charge is 2.31. The van der Waals surface area contributed by atoms with Crippen LogP contribution in [0.5, 0.6) is 0 Å². The summed E-state index contributed by atoms with van der Waals surface area (Å²) in [6, 6.07) is 14.5. The Morgan fingerprint density at radius 3 is 2.12 bits per heavy atom. The van der Waals surface area contributed by atoms with E-state index in [1.54, 1.807) is 6.92 Å². The van der Waals surface area contributed by atoms with E-state index in [1.165, 1.54) is 0 Å². The molecule has 6 heteroatoms. The van der Waals surface area contributed by atoms with Gasteiger partial charge in [-0.25, -0.2) is 9.59 Å². The van der Waals surface area contributed by atoms with Gasteiger partial charge in [-0.05, 0) is 28.7 Å². The van der Waals surface area contributed by atoms with Gasteiger partial charge in [0.05, 0.1) is 6.10 Å². The molecule has 0 aromatic heterocycles. The van der Waals surface area contributed by atoms with Crippen molar-refractivity contribution in [1.29, 1.82) is 0 Å². The van der Waals surface area contributed by atoms with E-state index >= 15 is 0 Å². The van der Waals surface area contributed by atoms with Gasteiger partial charge in [-0.2, -0.15) is 0 Å². The number of hydrogen-bond donors (Lipinski definition) is 3. The van der Waals surface area contributed by atoms with E-state index in [0.717, 1.165) is 22.3 Å². The molecule has 0 unspecified atom stereocenters. The van der Waals surface area contributed by atoms with Crippen molar-refractivity contribution >= 4 is 12.1 Å². The Balaban J connectivity index is 1.72. The number of fused-ring (bicyclic) bond motifs is 3. The van der Waals surface area contributed by atoms with Crippen molar-refractivity contribution in [2.24, 2.45) is 0 Å². The summed E-state index contributed by atoms with van der Waals surface area (Å²) in [5, 5.41) is 21.1. The molecule has 0 spiro atoms. The SMILES string of the molecule is CC[C@H](O)[C@@H](NC(=O)OCC1c2ccccc2-c2ccccc21)C(=O)O. The highest BCUT2D eigenvalue weighted by atomic mass is 16.5. The highest BCUT2D eigenvalue weighted by molar-refractivity contribution is 5.81. The van der Waals surface area contributed by atoms with Gasteiger partial charge in [0.2, 0.25) is 0 Å². The first-order valence-corrected chi connectivity index (χ1v) is 8.55. The molecule has 136 valence electrons. The van der Waals surface area contributed by atoms with Crippen LogP contribution >= 0.6 is 0 Å². The molecule has 0 heterocycles. The van der Waals surface area contributed by atoms with Crippen LogP contribution in [-0.2, 0) is 9.53 Å². The predicted molar refractivity (Wildman–Crippen MR) is 95.9 cm³/mol. The van der Waals surface area contributed by atoms with Gasteiger partial charge in [0.1, 0.15) is 6.61 Å². The number of aliphatic hydroxyl groups is 1. The largest absolute Gasteiger partial charge is 0.480 e. The third-order valence-electron chi connectivity index (χ3n) is 4.69. The monoisotopic (exact) mass is 355 g/mol. The number of alkyl carbamates (subject to hydrolysis) is 1. The molecule has 3 N–H and O–H groups in total. The van der Waals surface area contributed by atoms with Gasteiger partial charge >= 0.3 is 12.1 Å². The predicted octanol–water partition coefficient (Wildman–Crippen LogP) is 2.75. The standard InChI is InChI=1S/C20H21NO5/c1-2-17(22)18(19(23)24)21-20(25)26-11-16-14-9-5-3-7-12(14)13-8-4-6-10-15(13)16/h3-10,16-18,22H,2,11H2,1H3,(H,21,25)(H,23,24)/t17-,18+/m0/s1. The van der Waals surface area contributed by atoms with Gasteiger partial charge in [0, 0.05) is 5.92 Å². The molecule has 0 saturated carbocycles. The third kappa shape index (κ3) is 3.41. The molecule has 0 radical (unpaired) electrons. The van der Waals surface area contributed by atoms with E-state index in [1.807, 2.05) is 48.5 Å². The van der Waals surface area contributed by atoms with Gasteiger partial charge in [-0.15, -0.1) is 0 Å². The second-order valence-corrected chi connectivity index (χ2v) is 6.26. The zero-order valence-electron chi connectivity index (χ0n) is 14.4. The smallest absolute Gasteiger partial charge is 0.407 e. The summed E-state index contributed by atoms with van der Waals surface area (Å²) in [5.74, 6) is -1.40. The number of hydrogen-bond acceptors (Lipinski definition) is 4. The lowest BCUT2D eigenvalue weighted by atomic mass is 9.98. The van der Waals surface area contributed by atoms with Crippen LogP contribution in [0.4, 0.5) is 4.79 Å². The van der Waals surface area contributed by atoms with Gasteiger partial charge in [-0.1, -0.05) is 55.5 Å². The Kier molecular flexibility index (Phi) is 5.23. The van der Waals surface area contributed by atoms with Crippen molar-refractivity contribution in [1.82, 2.24) is 5.32 Å². The molecular weight excluding hydrogens is 334 g/mol. The Morgan fingerprint density at radius 1 is 1.08 bits per heavy atom. The van der Waals surface area contributed by atoms with E-state index in [-0.39, 0.29) is 18.9 Å². The summed E-state index contributed by atoms with van der Waals surface area (Å²) in [4.78, 5) is 23.2. The normalized spacial score (nSPS) is 14.8. The second kappa shape index (κ2) is 7.58. The summed E-state index contributed by atoms with van der Waals surface area (Å²) in [5.41, 5.74) is 4.37. The van der Waals surface area contributed by atoms with Gasteiger partial charge in [0.25, 0.3) is 0 Å². The van der Waals surface area contributed by atoms with Crippen molar-refractivity contribution in [2.45, 2.75) is 31.4 Å². The number of aliphatic hydroxyl groups excluding tert-OH is 1. The van der Waals surface area contributed by atoms with Gasteiger partial charge < -0.3 is 20.3 Å². The maximum atomic E-state index is 12.1. The lowest BCUT2D eigenvalue weighted by Gasteiger charge is -2.20. The minimum absolute atomic E-state index is 0.0917. The number of carboxylic acid groups (broad SMARTS) is 1. The summed E-state index contributed by atoms with van der Waals surface area (Å²) >= 11 is 0. The van der Waals surface area contributed by atoms with Crippen LogP contribution in [0.1, 0.15) is 30.4 Å². The van der Waals surface area contributed by atoms with E-state index < -0.39 is 24.2 Å². The molecule has 6 nitrogen and oxygen atoms in total. The van der Waals surface area contributed by atoms with E-state index in [2.05, 4.69) is 5.32 Å². The van der Waals surface area contributed by atoms with Crippen LogP contribution in [0, 0.1) is 0 Å². The number of rotatable bonds is 6. The van der Waals surface area contributed by atoms with Crippen LogP contribution in [0.15, 0.2) is 48.5 Å². The molecule has 0 saturated heterocycles. The maximum absolute atomic E-state index is 12.1. The molecule has 1 aliphatic rings. The number of ether oxygens (including phenoxy) is 1. The van der Waals surface area contributed by atoms with Crippen LogP contribution in [0.2, 0.25) is 0 Å². The Morgan fingerprint density at radius 2 is 1.62 bits per heavy atom. The molecule has 0 bridgehead atoms. The molecule has 2 atom stereocenters. The Bertz CT molecular complexity index is 774. The summed E-state index contributed by atoms with van der Waals surface area (Å²) < 4.78 is 5.29. The van der Waals surface area contributed by atoms with Crippen molar-refractivity contribution in [3.63, 3.8) is 0 Å². The minimum Gasteiger partial charge on any atom is -0.480 e. The maximum Gasteiger partial charge on any atom is 0.407 e. The third-order valence-corrected chi connectivity index (χ3v) is 4.69. The molecule has 2 aromatic carbocycles. The summed E-state index contributed by atoms with van der Waals surface area (Å²) in [6.45, 7) is 1.73. The minimum atomic E-state index is -1.39. The molecular formula is C20H21NO5. The van der Waals surface area contributed by atoms with E-state index in [4.69, 9.17) is 9.84 Å². The van der Waals surface area contributed by atoms with Crippen molar-refractivity contribution in [2.75, 3.05) is 6.61 Å². The van der Waals surface area contributed by atoms with Crippen LogP contribution in [-0.4, -0.2) is 41.0 Å². The van der Waals surface area contributed by atoms with E-state index in [0.29, 0.717) is 0 Å². The van der Waals surface area contributed by atoms with Crippen molar-refractivity contribution < 1.29 is 24.5 Å². The van der Waals surface area contributed by atoms with Crippen LogP contribution in [0.3, 0.4) is 0 Å². The van der Waals surface area contributed by atoms with Crippen LogP contribution in [0.25, 0.3) is 11.1 Å². The molecule has 2 aromatic rings. The first kappa shape index (κ1) is 17.9. The molecule has 3 rings (SSSR count). The zero-order valence-corrected chi connectivity index (χ0v) is 14.4. The Hall–Kier alpha value is -2.86. The quantitative estimate of drug-likeness (QED) is 0.740. The van der Waals surface area contributed by atoms with Crippen LogP contribution < -0.4 is 5.32 Å². The van der Waals surface area contributed by atoms with Gasteiger partial charge in [0.15, 0.2) is 6.04 Å². The lowest BCUT2D eigenvalue weighted by molar-refractivity contribution is -0.142.